The fourth-order valence-electron chi connectivity index (χ4n) is 2.96. The second-order valence-electron chi connectivity index (χ2n) is 7.41. The number of hydrogen-bond donors (Lipinski definition) is 3. The highest BCUT2D eigenvalue weighted by molar-refractivity contribution is 14.0. The molecule has 2 rings (SSSR count). The molecule has 1 unspecified atom stereocenters. The van der Waals surface area contributed by atoms with Crippen molar-refractivity contribution in [3.8, 4) is 0 Å². The largest absolute Gasteiger partial charge is 0.357 e. The van der Waals surface area contributed by atoms with Gasteiger partial charge in [0.2, 0.25) is 0 Å². The Kier molecular flexibility index (Phi) is 11.1. The third-order valence-electron chi connectivity index (χ3n) is 4.30. The highest BCUT2D eigenvalue weighted by atomic mass is 127. The number of aromatic nitrogens is 2. The molecule has 1 atom stereocenters. The maximum atomic E-state index is 4.78. The Labute approximate surface area is 186 Å². The minimum atomic E-state index is -0.104. The lowest BCUT2D eigenvalue weighted by atomic mass is 10.0. The van der Waals surface area contributed by atoms with Crippen molar-refractivity contribution in [1.29, 1.82) is 0 Å². The van der Waals surface area contributed by atoms with Gasteiger partial charge >= 0.3 is 0 Å². The second kappa shape index (κ2) is 12.8. The van der Waals surface area contributed by atoms with Crippen LogP contribution in [-0.2, 0) is 6.54 Å². The van der Waals surface area contributed by atoms with Crippen LogP contribution in [0.2, 0.25) is 0 Å². The number of rotatable bonds is 10. The third-order valence-corrected chi connectivity index (χ3v) is 4.30. The van der Waals surface area contributed by atoms with Crippen molar-refractivity contribution in [3.63, 3.8) is 0 Å². The van der Waals surface area contributed by atoms with Gasteiger partial charge in [-0.05, 0) is 45.7 Å². The first-order valence-electron chi connectivity index (χ1n) is 9.82. The standard InChI is InChI=1S/C21H34N6.HI/c1-5-22-20(23-13-9-15-27-16-10-14-25-27)24-17-21(3,4)26-18(2)19-11-7-6-8-12-19;/h6-8,10-12,14,16,18,26H,5,9,13,15,17H2,1-4H3,(H2,22,23,24);1H. The summed E-state index contributed by atoms with van der Waals surface area (Å²) in [4.78, 5) is 4.78. The van der Waals surface area contributed by atoms with Gasteiger partial charge in [-0.15, -0.1) is 24.0 Å². The van der Waals surface area contributed by atoms with Crippen molar-refractivity contribution < 1.29 is 0 Å². The van der Waals surface area contributed by atoms with Crippen molar-refractivity contribution in [2.75, 3.05) is 19.6 Å². The topological polar surface area (TPSA) is 66.3 Å². The molecule has 1 aromatic carbocycles. The second-order valence-corrected chi connectivity index (χ2v) is 7.41. The van der Waals surface area contributed by atoms with E-state index in [-0.39, 0.29) is 35.6 Å². The van der Waals surface area contributed by atoms with E-state index in [4.69, 9.17) is 4.99 Å². The predicted octanol–water partition coefficient (Wildman–Crippen LogP) is 3.58. The first-order chi connectivity index (χ1) is 13.0. The lowest BCUT2D eigenvalue weighted by Gasteiger charge is -2.29. The van der Waals surface area contributed by atoms with E-state index in [1.54, 1.807) is 0 Å². The summed E-state index contributed by atoms with van der Waals surface area (Å²) in [5, 5.41) is 14.6. The molecule has 6 nitrogen and oxygen atoms in total. The number of guanidine groups is 1. The maximum Gasteiger partial charge on any atom is 0.191 e. The Morgan fingerprint density at radius 3 is 2.57 bits per heavy atom. The summed E-state index contributed by atoms with van der Waals surface area (Å²) in [6.07, 6.45) is 4.80. The summed E-state index contributed by atoms with van der Waals surface area (Å²) in [6.45, 7) is 12.0. The van der Waals surface area contributed by atoms with Gasteiger partial charge in [0, 0.05) is 43.6 Å². The molecule has 0 aliphatic heterocycles. The van der Waals surface area contributed by atoms with Crippen LogP contribution in [0.1, 0.15) is 45.7 Å². The Morgan fingerprint density at radius 1 is 1.18 bits per heavy atom. The number of benzene rings is 1. The van der Waals surface area contributed by atoms with E-state index in [1.165, 1.54) is 5.56 Å². The average Bonchev–Trinajstić information content (AvgIpc) is 3.17. The molecule has 0 spiro atoms. The van der Waals surface area contributed by atoms with Crippen LogP contribution in [0.4, 0.5) is 0 Å². The highest BCUT2D eigenvalue weighted by Gasteiger charge is 2.20. The van der Waals surface area contributed by atoms with E-state index in [9.17, 15) is 0 Å². The molecule has 0 bridgehead atoms. The van der Waals surface area contributed by atoms with Gasteiger partial charge in [0.25, 0.3) is 0 Å². The lowest BCUT2D eigenvalue weighted by Crippen LogP contribution is -2.45. The molecular formula is C21H35IN6. The minimum Gasteiger partial charge on any atom is -0.357 e. The van der Waals surface area contributed by atoms with Crippen LogP contribution < -0.4 is 16.0 Å². The number of nitrogens with zero attached hydrogens (tertiary/aromatic N) is 3. The zero-order valence-corrected chi connectivity index (χ0v) is 19.8. The van der Waals surface area contributed by atoms with Gasteiger partial charge < -0.3 is 16.0 Å². The van der Waals surface area contributed by atoms with E-state index in [2.05, 4.69) is 73.0 Å². The highest BCUT2D eigenvalue weighted by Crippen LogP contribution is 2.16. The molecule has 0 fully saturated rings. The molecule has 3 N–H and O–H groups in total. The molecule has 0 radical (unpaired) electrons. The molecule has 0 aliphatic carbocycles. The zero-order chi connectivity index (χ0) is 19.5. The molecular weight excluding hydrogens is 463 g/mol. The number of halogens is 1. The van der Waals surface area contributed by atoms with Crippen LogP contribution in [0.3, 0.4) is 0 Å². The molecule has 28 heavy (non-hydrogen) atoms. The molecule has 2 aromatic rings. The van der Waals surface area contributed by atoms with Gasteiger partial charge in [-0.2, -0.15) is 5.10 Å². The molecule has 156 valence electrons. The SMILES string of the molecule is CCNC(=NCC(C)(C)NC(C)c1ccccc1)NCCCn1cccn1.I. The normalized spacial score (nSPS) is 12.9. The quantitative estimate of drug-likeness (QED) is 0.203. The number of hydrogen-bond acceptors (Lipinski definition) is 3. The van der Waals surface area contributed by atoms with E-state index < -0.39 is 0 Å². The van der Waals surface area contributed by atoms with Gasteiger partial charge in [0.1, 0.15) is 0 Å². The van der Waals surface area contributed by atoms with Gasteiger partial charge in [0.05, 0.1) is 6.54 Å². The van der Waals surface area contributed by atoms with Crippen molar-refractivity contribution in [2.24, 2.45) is 4.99 Å². The molecule has 0 saturated carbocycles. The summed E-state index contributed by atoms with van der Waals surface area (Å²) in [7, 11) is 0. The van der Waals surface area contributed by atoms with Crippen LogP contribution in [0.5, 0.6) is 0 Å². The first-order valence-corrected chi connectivity index (χ1v) is 9.82. The Bertz CT molecular complexity index is 669. The van der Waals surface area contributed by atoms with E-state index in [1.807, 2.05) is 29.2 Å². The summed E-state index contributed by atoms with van der Waals surface area (Å²) < 4.78 is 1.95. The van der Waals surface area contributed by atoms with Gasteiger partial charge in [-0.1, -0.05) is 30.3 Å². The Morgan fingerprint density at radius 2 is 1.93 bits per heavy atom. The van der Waals surface area contributed by atoms with E-state index in [0.717, 1.165) is 32.0 Å². The summed E-state index contributed by atoms with van der Waals surface area (Å²) in [5.41, 5.74) is 1.19. The van der Waals surface area contributed by atoms with Crippen molar-refractivity contribution in [2.45, 2.75) is 52.2 Å². The van der Waals surface area contributed by atoms with Gasteiger partial charge in [-0.25, -0.2) is 0 Å². The molecule has 0 saturated heterocycles. The molecule has 0 amide bonds. The average molecular weight is 498 g/mol. The monoisotopic (exact) mass is 498 g/mol. The third kappa shape index (κ3) is 9.05. The van der Waals surface area contributed by atoms with Crippen LogP contribution in [-0.4, -0.2) is 40.9 Å². The lowest BCUT2D eigenvalue weighted by molar-refractivity contribution is 0.356. The van der Waals surface area contributed by atoms with Gasteiger partial charge in [0.15, 0.2) is 5.96 Å². The number of aliphatic imine (C=N–C) groups is 1. The molecule has 1 heterocycles. The summed E-state index contributed by atoms with van der Waals surface area (Å²) in [5.74, 6) is 0.861. The smallest absolute Gasteiger partial charge is 0.191 e. The van der Waals surface area contributed by atoms with E-state index >= 15 is 0 Å². The molecule has 7 heteroatoms. The fraction of sp³-hybridized carbons (Fsp3) is 0.524. The minimum absolute atomic E-state index is 0. The zero-order valence-electron chi connectivity index (χ0n) is 17.5. The fourth-order valence-corrected chi connectivity index (χ4v) is 2.96. The number of nitrogens with one attached hydrogen (secondary N) is 3. The molecule has 0 aliphatic rings. The summed E-state index contributed by atoms with van der Waals surface area (Å²) in [6, 6.07) is 12.7. The van der Waals surface area contributed by atoms with Crippen LogP contribution >= 0.6 is 24.0 Å². The summed E-state index contributed by atoms with van der Waals surface area (Å²) >= 11 is 0. The maximum absolute atomic E-state index is 4.78. The van der Waals surface area contributed by atoms with Gasteiger partial charge in [-0.3, -0.25) is 9.67 Å². The molecule has 1 aromatic heterocycles. The van der Waals surface area contributed by atoms with Crippen LogP contribution in [0, 0.1) is 0 Å². The Hall–Kier alpha value is -1.61. The van der Waals surface area contributed by atoms with Crippen LogP contribution in [0.15, 0.2) is 53.8 Å². The predicted molar refractivity (Wildman–Crippen MR) is 128 cm³/mol. The van der Waals surface area contributed by atoms with Crippen molar-refractivity contribution >= 4 is 29.9 Å². The van der Waals surface area contributed by atoms with E-state index in [0.29, 0.717) is 6.54 Å². The number of aryl methyl sites for hydroxylation is 1. The van der Waals surface area contributed by atoms with Crippen molar-refractivity contribution in [1.82, 2.24) is 25.7 Å². The Balaban J connectivity index is 0.00000392. The van der Waals surface area contributed by atoms with Crippen LogP contribution in [0.25, 0.3) is 0 Å². The van der Waals surface area contributed by atoms with Crippen molar-refractivity contribution in [3.05, 3.63) is 54.4 Å². The first kappa shape index (κ1) is 24.4.